The number of aromatic nitrogens is 2. The number of aliphatic hydroxyl groups excluding tert-OH is 1. The summed E-state index contributed by atoms with van der Waals surface area (Å²) in [6.07, 6.45) is 0.664. The predicted octanol–water partition coefficient (Wildman–Crippen LogP) is 1.25. The molecule has 0 aliphatic carbocycles. The Morgan fingerprint density at radius 2 is 2.18 bits per heavy atom. The summed E-state index contributed by atoms with van der Waals surface area (Å²) in [6, 6.07) is 3.92. The Kier molecular flexibility index (Phi) is 4.85. The van der Waals surface area contributed by atoms with Gasteiger partial charge >= 0.3 is 0 Å². The zero-order valence-electron chi connectivity index (χ0n) is 10.5. The first-order chi connectivity index (χ1) is 8.08. The van der Waals surface area contributed by atoms with Crippen LogP contribution >= 0.6 is 0 Å². The van der Waals surface area contributed by atoms with E-state index < -0.39 is 0 Å². The van der Waals surface area contributed by atoms with Gasteiger partial charge in [0, 0.05) is 24.9 Å². The van der Waals surface area contributed by atoms with E-state index in [2.05, 4.69) is 9.97 Å². The first-order valence-corrected chi connectivity index (χ1v) is 5.71. The summed E-state index contributed by atoms with van der Waals surface area (Å²) in [5.41, 5.74) is 1.16. The molecule has 1 aromatic rings. The van der Waals surface area contributed by atoms with E-state index in [4.69, 9.17) is 10.4 Å². The second-order valence-electron chi connectivity index (χ2n) is 4.17. The molecule has 1 heterocycles. The fourth-order valence-electron chi connectivity index (χ4n) is 1.57. The van der Waals surface area contributed by atoms with E-state index in [1.54, 1.807) is 6.07 Å². The summed E-state index contributed by atoms with van der Waals surface area (Å²) < 4.78 is 0. The third-order valence-corrected chi connectivity index (χ3v) is 2.39. The second-order valence-corrected chi connectivity index (χ2v) is 4.17. The Labute approximate surface area is 102 Å². The van der Waals surface area contributed by atoms with Crippen LogP contribution in [0.15, 0.2) is 6.07 Å². The van der Waals surface area contributed by atoms with Crippen LogP contribution < -0.4 is 4.90 Å². The number of nitriles is 1. The van der Waals surface area contributed by atoms with Crippen LogP contribution in [0.1, 0.15) is 31.7 Å². The van der Waals surface area contributed by atoms with Gasteiger partial charge in [-0.05, 0) is 33.3 Å². The molecule has 0 saturated heterocycles. The molecule has 1 N–H and O–H groups in total. The summed E-state index contributed by atoms with van der Waals surface area (Å²) >= 11 is 0. The van der Waals surface area contributed by atoms with Gasteiger partial charge in [0.1, 0.15) is 11.8 Å². The van der Waals surface area contributed by atoms with Crippen molar-refractivity contribution < 1.29 is 5.11 Å². The standard InChI is InChI=1S/C12H18N4O/c1-9(2)16(5-4-6-17)12-14-10(3)7-11(8-13)15-12/h7,9,17H,4-6H2,1-3H3. The van der Waals surface area contributed by atoms with E-state index in [1.165, 1.54) is 0 Å². The van der Waals surface area contributed by atoms with Crippen LogP contribution in [0.2, 0.25) is 0 Å². The maximum Gasteiger partial charge on any atom is 0.227 e. The normalized spacial score (nSPS) is 10.4. The first kappa shape index (κ1) is 13.4. The number of nitrogens with zero attached hydrogens (tertiary/aromatic N) is 4. The lowest BCUT2D eigenvalue weighted by molar-refractivity contribution is 0.288. The maximum absolute atomic E-state index is 8.88. The molecule has 0 aliphatic rings. The lowest BCUT2D eigenvalue weighted by Gasteiger charge is -2.26. The van der Waals surface area contributed by atoms with Gasteiger partial charge in [-0.15, -0.1) is 0 Å². The smallest absolute Gasteiger partial charge is 0.227 e. The largest absolute Gasteiger partial charge is 0.396 e. The number of aliphatic hydroxyl groups is 1. The molecule has 0 fully saturated rings. The Hall–Kier alpha value is -1.67. The maximum atomic E-state index is 8.88. The zero-order chi connectivity index (χ0) is 12.8. The van der Waals surface area contributed by atoms with Crippen molar-refractivity contribution in [1.29, 1.82) is 5.26 Å². The molecule has 0 amide bonds. The lowest BCUT2D eigenvalue weighted by atomic mass is 10.3. The van der Waals surface area contributed by atoms with Gasteiger partial charge in [-0.25, -0.2) is 9.97 Å². The van der Waals surface area contributed by atoms with Crippen molar-refractivity contribution in [3.63, 3.8) is 0 Å². The zero-order valence-corrected chi connectivity index (χ0v) is 10.5. The molecule has 5 heteroatoms. The van der Waals surface area contributed by atoms with Crippen molar-refractivity contribution in [2.45, 2.75) is 33.2 Å². The van der Waals surface area contributed by atoms with Crippen molar-refractivity contribution in [2.24, 2.45) is 0 Å². The highest BCUT2D eigenvalue weighted by Gasteiger charge is 2.14. The molecule has 5 nitrogen and oxygen atoms in total. The van der Waals surface area contributed by atoms with Crippen molar-refractivity contribution in [3.05, 3.63) is 17.5 Å². The molecule has 1 aromatic heterocycles. The van der Waals surface area contributed by atoms with Crippen molar-refractivity contribution >= 4 is 5.95 Å². The molecule has 0 atom stereocenters. The van der Waals surface area contributed by atoms with Crippen molar-refractivity contribution in [1.82, 2.24) is 9.97 Å². The summed E-state index contributed by atoms with van der Waals surface area (Å²) in [6.45, 7) is 6.74. The second kappa shape index (κ2) is 6.16. The monoisotopic (exact) mass is 234 g/mol. The highest BCUT2D eigenvalue weighted by molar-refractivity contribution is 5.36. The minimum absolute atomic E-state index is 0.139. The van der Waals surface area contributed by atoms with E-state index in [0.29, 0.717) is 24.6 Å². The third-order valence-electron chi connectivity index (χ3n) is 2.39. The van der Waals surface area contributed by atoms with E-state index in [0.717, 1.165) is 5.69 Å². The average molecular weight is 234 g/mol. The molecule has 1 rings (SSSR count). The third kappa shape index (κ3) is 3.68. The molecular weight excluding hydrogens is 216 g/mol. The van der Waals surface area contributed by atoms with Crippen LogP contribution in [-0.4, -0.2) is 34.3 Å². The molecule has 0 aliphatic heterocycles. The van der Waals surface area contributed by atoms with Crippen molar-refractivity contribution in [3.8, 4) is 6.07 Å². The fourth-order valence-corrected chi connectivity index (χ4v) is 1.57. The minimum Gasteiger partial charge on any atom is -0.396 e. The Balaban J connectivity index is 3.01. The van der Waals surface area contributed by atoms with Crippen LogP contribution in [0.25, 0.3) is 0 Å². The van der Waals surface area contributed by atoms with Crippen LogP contribution in [-0.2, 0) is 0 Å². The Morgan fingerprint density at radius 1 is 1.47 bits per heavy atom. The van der Waals surface area contributed by atoms with Gasteiger partial charge in [-0.1, -0.05) is 0 Å². The van der Waals surface area contributed by atoms with Gasteiger partial charge in [0.05, 0.1) is 0 Å². The number of aryl methyl sites for hydroxylation is 1. The van der Waals surface area contributed by atoms with E-state index >= 15 is 0 Å². The van der Waals surface area contributed by atoms with Gasteiger partial charge in [-0.2, -0.15) is 5.26 Å². The molecule has 17 heavy (non-hydrogen) atoms. The molecule has 0 aromatic carbocycles. The summed E-state index contributed by atoms with van der Waals surface area (Å²) in [4.78, 5) is 10.5. The lowest BCUT2D eigenvalue weighted by Crippen LogP contribution is -2.34. The molecule has 92 valence electrons. The summed E-state index contributed by atoms with van der Waals surface area (Å²) in [5.74, 6) is 0.560. The van der Waals surface area contributed by atoms with Crippen LogP contribution in [0.5, 0.6) is 0 Å². The van der Waals surface area contributed by atoms with Gasteiger partial charge in [-0.3, -0.25) is 0 Å². The minimum atomic E-state index is 0.139. The van der Waals surface area contributed by atoms with Gasteiger partial charge in [0.15, 0.2) is 0 Å². The number of anilines is 1. The Morgan fingerprint density at radius 3 is 2.71 bits per heavy atom. The van der Waals surface area contributed by atoms with Crippen LogP contribution in [0, 0.1) is 18.3 Å². The van der Waals surface area contributed by atoms with E-state index in [-0.39, 0.29) is 12.6 Å². The Bertz CT molecular complexity index is 411. The molecule has 0 spiro atoms. The number of hydrogen-bond acceptors (Lipinski definition) is 5. The molecular formula is C12H18N4O. The molecule has 0 radical (unpaired) electrons. The van der Waals surface area contributed by atoms with E-state index in [9.17, 15) is 0 Å². The number of rotatable bonds is 5. The predicted molar refractivity (Wildman–Crippen MR) is 65.7 cm³/mol. The number of hydrogen-bond donors (Lipinski definition) is 1. The highest BCUT2D eigenvalue weighted by Crippen LogP contribution is 2.13. The average Bonchev–Trinajstić information content (AvgIpc) is 2.28. The van der Waals surface area contributed by atoms with Crippen LogP contribution in [0.3, 0.4) is 0 Å². The fraction of sp³-hybridized carbons (Fsp3) is 0.583. The van der Waals surface area contributed by atoms with Gasteiger partial charge in [0.25, 0.3) is 0 Å². The van der Waals surface area contributed by atoms with E-state index in [1.807, 2.05) is 31.7 Å². The molecule has 0 saturated carbocycles. The molecule has 0 bridgehead atoms. The summed E-state index contributed by atoms with van der Waals surface area (Å²) in [7, 11) is 0. The quantitative estimate of drug-likeness (QED) is 0.830. The van der Waals surface area contributed by atoms with Crippen molar-refractivity contribution in [2.75, 3.05) is 18.1 Å². The van der Waals surface area contributed by atoms with Crippen LogP contribution in [0.4, 0.5) is 5.95 Å². The summed E-state index contributed by atoms with van der Waals surface area (Å²) in [5, 5.41) is 17.8. The SMILES string of the molecule is Cc1cc(C#N)nc(N(CCCO)C(C)C)n1. The van der Waals surface area contributed by atoms with Gasteiger partial charge in [0.2, 0.25) is 5.95 Å². The topological polar surface area (TPSA) is 73.0 Å². The highest BCUT2D eigenvalue weighted by atomic mass is 16.3. The van der Waals surface area contributed by atoms with Gasteiger partial charge < -0.3 is 10.0 Å². The first-order valence-electron chi connectivity index (χ1n) is 5.71. The molecule has 0 unspecified atom stereocenters.